The Bertz CT molecular complexity index is 578. The zero-order chi connectivity index (χ0) is 15.4. The molecule has 0 saturated carbocycles. The average molecular weight is 288 g/mol. The SMILES string of the molecule is Cc1cc(C)cc(N(C)CCC(O)c2ccc(F)cn2)c1. The Balaban J connectivity index is 1.97. The average Bonchev–Trinajstić information content (AvgIpc) is 2.44. The van der Waals surface area contributed by atoms with E-state index in [1.54, 1.807) is 0 Å². The fourth-order valence-corrected chi connectivity index (χ4v) is 2.35. The second-order valence-electron chi connectivity index (χ2n) is 5.47. The Kier molecular flexibility index (Phi) is 4.91. The van der Waals surface area contributed by atoms with E-state index < -0.39 is 11.9 Å². The van der Waals surface area contributed by atoms with Gasteiger partial charge in [-0.1, -0.05) is 6.07 Å². The highest BCUT2D eigenvalue weighted by atomic mass is 19.1. The van der Waals surface area contributed by atoms with E-state index in [1.807, 2.05) is 7.05 Å². The highest BCUT2D eigenvalue weighted by Gasteiger charge is 2.11. The molecule has 1 aromatic carbocycles. The molecule has 0 aliphatic heterocycles. The molecule has 0 aliphatic rings. The van der Waals surface area contributed by atoms with Crippen LogP contribution in [0.2, 0.25) is 0 Å². The first-order chi connectivity index (χ1) is 9.95. The van der Waals surface area contributed by atoms with Gasteiger partial charge in [-0.25, -0.2) is 4.39 Å². The van der Waals surface area contributed by atoms with Gasteiger partial charge in [0.25, 0.3) is 0 Å². The van der Waals surface area contributed by atoms with Gasteiger partial charge in [-0.2, -0.15) is 0 Å². The van der Waals surface area contributed by atoms with Crippen LogP contribution >= 0.6 is 0 Å². The van der Waals surface area contributed by atoms with Crippen molar-refractivity contribution in [3.05, 3.63) is 59.2 Å². The van der Waals surface area contributed by atoms with E-state index in [0.29, 0.717) is 18.7 Å². The molecular formula is C17H21FN2O. The van der Waals surface area contributed by atoms with E-state index in [4.69, 9.17) is 0 Å². The topological polar surface area (TPSA) is 36.4 Å². The molecule has 2 rings (SSSR count). The Labute approximate surface area is 125 Å². The summed E-state index contributed by atoms with van der Waals surface area (Å²) in [5.41, 5.74) is 4.08. The summed E-state index contributed by atoms with van der Waals surface area (Å²) in [5, 5.41) is 10.1. The molecule has 0 bridgehead atoms. The summed E-state index contributed by atoms with van der Waals surface area (Å²) >= 11 is 0. The zero-order valence-corrected chi connectivity index (χ0v) is 12.7. The summed E-state index contributed by atoms with van der Waals surface area (Å²) in [6.45, 7) is 4.84. The number of aliphatic hydroxyl groups is 1. The van der Waals surface area contributed by atoms with Crippen LogP contribution < -0.4 is 4.90 Å². The first-order valence-corrected chi connectivity index (χ1v) is 7.04. The molecule has 1 aromatic heterocycles. The molecule has 21 heavy (non-hydrogen) atoms. The summed E-state index contributed by atoms with van der Waals surface area (Å²) < 4.78 is 12.8. The molecule has 0 saturated heterocycles. The highest BCUT2D eigenvalue weighted by molar-refractivity contribution is 5.50. The van der Waals surface area contributed by atoms with Crippen molar-refractivity contribution in [3.8, 4) is 0 Å². The maximum absolute atomic E-state index is 12.8. The lowest BCUT2D eigenvalue weighted by Gasteiger charge is -2.22. The predicted octanol–water partition coefficient (Wildman–Crippen LogP) is 3.40. The van der Waals surface area contributed by atoms with Crippen molar-refractivity contribution in [2.45, 2.75) is 26.4 Å². The van der Waals surface area contributed by atoms with Crippen LogP contribution in [-0.2, 0) is 0 Å². The van der Waals surface area contributed by atoms with Crippen LogP contribution in [0.3, 0.4) is 0 Å². The Morgan fingerprint density at radius 1 is 1.19 bits per heavy atom. The number of rotatable bonds is 5. The molecule has 1 heterocycles. The summed E-state index contributed by atoms with van der Waals surface area (Å²) in [6.07, 6.45) is 0.993. The highest BCUT2D eigenvalue weighted by Crippen LogP contribution is 2.20. The summed E-state index contributed by atoms with van der Waals surface area (Å²) in [5.74, 6) is -0.390. The number of nitrogens with zero attached hydrogens (tertiary/aromatic N) is 2. The van der Waals surface area contributed by atoms with Crippen molar-refractivity contribution in [2.75, 3.05) is 18.5 Å². The number of halogens is 1. The summed E-state index contributed by atoms with van der Waals surface area (Å²) in [4.78, 5) is 6.02. The molecule has 0 amide bonds. The first-order valence-electron chi connectivity index (χ1n) is 7.04. The quantitative estimate of drug-likeness (QED) is 0.916. The monoisotopic (exact) mass is 288 g/mol. The second-order valence-corrected chi connectivity index (χ2v) is 5.47. The van der Waals surface area contributed by atoms with E-state index >= 15 is 0 Å². The zero-order valence-electron chi connectivity index (χ0n) is 12.7. The Morgan fingerprint density at radius 2 is 1.86 bits per heavy atom. The first kappa shape index (κ1) is 15.4. The predicted molar refractivity (Wildman–Crippen MR) is 83.0 cm³/mol. The molecule has 2 aromatic rings. The van der Waals surface area contributed by atoms with E-state index in [1.165, 1.54) is 23.3 Å². The van der Waals surface area contributed by atoms with Crippen LogP contribution in [0.5, 0.6) is 0 Å². The molecule has 1 N–H and O–H groups in total. The lowest BCUT2D eigenvalue weighted by atomic mass is 10.1. The van der Waals surface area contributed by atoms with Crippen molar-refractivity contribution in [1.29, 1.82) is 0 Å². The van der Waals surface area contributed by atoms with Gasteiger partial charge in [-0.05, 0) is 55.7 Å². The normalized spacial score (nSPS) is 12.2. The van der Waals surface area contributed by atoms with Gasteiger partial charge >= 0.3 is 0 Å². The third-order valence-electron chi connectivity index (χ3n) is 3.48. The molecular weight excluding hydrogens is 267 g/mol. The van der Waals surface area contributed by atoms with Gasteiger partial charge in [-0.15, -0.1) is 0 Å². The lowest BCUT2D eigenvalue weighted by molar-refractivity contribution is 0.165. The molecule has 0 fully saturated rings. The number of hydrogen-bond donors (Lipinski definition) is 1. The maximum Gasteiger partial charge on any atom is 0.141 e. The number of hydrogen-bond acceptors (Lipinski definition) is 3. The molecule has 1 unspecified atom stereocenters. The summed E-state index contributed by atoms with van der Waals surface area (Å²) in [6, 6.07) is 9.22. The van der Waals surface area contributed by atoms with E-state index in [2.05, 4.69) is 41.9 Å². The van der Waals surface area contributed by atoms with Crippen molar-refractivity contribution in [3.63, 3.8) is 0 Å². The summed E-state index contributed by atoms with van der Waals surface area (Å²) in [7, 11) is 2.00. The number of anilines is 1. The van der Waals surface area contributed by atoms with Crippen LogP contribution in [0.4, 0.5) is 10.1 Å². The minimum absolute atomic E-state index is 0.390. The minimum Gasteiger partial charge on any atom is -0.387 e. The van der Waals surface area contributed by atoms with Crippen LogP contribution in [0, 0.1) is 19.7 Å². The van der Waals surface area contributed by atoms with Crippen molar-refractivity contribution in [1.82, 2.24) is 4.98 Å². The maximum atomic E-state index is 12.8. The standard InChI is InChI=1S/C17H21FN2O/c1-12-8-13(2)10-15(9-12)20(3)7-6-17(21)16-5-4-14(18)11-19-16/h4-5,8-11,17,21H,6-7H2,1-3H3. The van der Waals surface area contributed by atoms with Gasteiger partial charge in [0.1, 0.15) is 5.82 Å². The molecule has 0 spiro atoms. The fourth-order valence-electron chi connectivity index (χ4n) is 2.35. The number of benzene rings is 1. The number of pyridine rings is 1. The van der Waals surface area contributed by atoms with Crippen molar-refractivity contribution in [2.24, 2.45) is 0 Å². The number of aromatic nitrogens is 1. The van der Waals surface area contributed by atoms with Gasteiger partial charge < -0.3 is 10.0 Å². The van der Waals surface area contributed by atoms with Crippen molar-refractivity contribution >= 4 is 5.69 Å². The molecule has 0 aliphatic carbocycles. The van der Waals surface area contributed by atoms with E-state index in [-0.39, 0.29) is 0 Å². The Morgan fingerprint density at radius 3 is 2.43 bits per heavy atom. The van der Waals surface area contributed by atoms with Gasteiger partial charge in [0, 0.05) is 19.3 Å². The van der Waals surface area contributed by atoms with Crippen LogP contribution in [0.15, 0.2) is 36.5 Å². The number of aliphatic hydroxyl groups excluding tert-OH is 1. The van der Waals surface area contributed by atoms with Gasteiger partial charge in [0.15, 0.2) is 0 Å². The minimum atomic E-state index is -0.682. The molecule has 1 atom stereocenters. The van der Waals surface area contributed by atoms with E-state index in [9.17, 15) is 9.50 Å². The largest absolute Gasteiger partial charge is 0.387 e. The van der Waals surface area contributed by atoms with Crippen LogP contribution in [0.25, 0.3) is 0 Å². The van der Waals surface area contributed by atoms with Crippen LogP contribution in [-0.4, -0.2) is 23.7 Å². The third kappa shape index (κ3) is 4.26. The van der Waals surface area contributed by atoms with Crippen molar-refractivity contribution < 1.29 is 9.50 Å². The fraction of sp³-hybridized carbons (Fsp3) is 0.353. The lowest BCUT2D eigenvalue weighted by Crippen LogP contribution is -2.21. The molecule has 4 heteroatoms. The van der Waals surface area contributed by atoms with Gasteiger partial charge in [0.05, 0.1) is 18.0 Å². The number of aryl methyl sites for hydroxylation is 2. The Hall–Kier alpha value is -1.94. The van der Waals surface area contributed by atoms with Gasteiger partial charge in [-0.3, -0.25) is 4.98 Å². The van der Waals surface area contributed by atoms with E-state index in [0.717, 1.165) is 11.9 Å². The molecule has 112 valence electrons. The second kappa shape index (κ2) is 6.68. The third-order valence-corrected chi connectivity index (χ3v) is 3.48. The molecule has 3 nitrogen and oxygen atoms in total. The molecule has 0 radical (unpaired) electrons. The smallest absolute Gasteiger partial charge is 0.141 e. The van der Waals surface area contributed by atoms with Crippen LogP contribution in [0.1, 0.15) is 29.3 Å². The van der Waals surface area contributed by atoms with Gasteiger partial charge in [0.2, 0.25) is 0 Å².